The van der Waals surface area contributed by atoms with E-state index >= 15 is 0 Å². The van der Waals surface area contributed by atoms with Crippen LogP contribution < -0.4 is 5.32 Å². The zero-order valence-electron chi connectivity index (χ0n) is 17.2. The molecule has 1 N–H and O–H groups in total. The summed E-state index contributed by atoms with van der Waals surface area (Å²) in [4.78, 5) is 28.2. The number of carbonyl (C=O) groups excluding carboxylic acids is 2. The lowest BCUT2D eigenvalue weighted by atomic mass is 10.1. The van der Waals surface area contributed by atoms with Crippen LogP contribution in [0.25, 0.3) is 0 Å². The smallest absolute Gasteiger partial charge is 0.410 e. The Balaban J connectivity index is 1.96. The van der Waals surface area contributed by atoms with Crippen LogP contribution in [-0.4, -0.2) is 59.4 Å². The molecule has 0 aliphatic carbocycles. The maximum Gasteiger partial charge on any atom is 0.410 e. The van der Waals surface area contributed by atoms with Gasteiger partial charge in [0.05, 0.1) is 6.42 Å². The van der Waals surface area contributed by atoms with E-state index in [0.29, 0.717) is 31.7 Å². The van der Waals surface area contributed by atoms with Crippen molar-refractivity contribution in [2.75, 3.05) is 25.0 Å². The molecule has 1 saturated heterocycles. The molecule has 1 heterocycles. The number of amides is 3. The van der Waals surface area contributed by atoms with Crippen LogP contribution in [0.4, 0.5) is 28.4 Å². The van der Waals surface area contributed by atoms with Gasteiger partial charge in [-0.15, -0.1) is 0 Å². The van der Waals surface area contributed by atoms with Gasteiger partial charge in [-0.2, -0.15) is 13.2 Å². The topological polar surface area (TPSA) is 61.9 Å². The van der Waals surface area contributed by atoms with Gasteiger partial charge in [-0.3, -0.25) is 0 Å². The first-order valence-electron chi connectivity index (χ1n) is 9.55. The molecule has 0 saturated carbocycles. The Morgan fingerprint density at radius 2 is 1.76 bits per heavy atom. The number of hydrogen-bond donors (Lipinski definition) is 1. The number of benzene rings is 1. The van der Waals surface area contributed by atoms with E-state index in [1.165, 1.54) is 24.3 Å². The Morgan fingerprint density at radius 1 is 1.14 bits per heavy atom. The summed E-state index contributed by atoms with van der Waals surface area (Å²) >= 11 is 0. The molecule has 1 aromatic rings. The monoisotopic (exact) mass is 415 g/mol. The summed E-state index contributed by atoms with van der Waals surface area (Å²) in [6, 6.07) is 5.00. The van der Waals surface area contributed by atoms with Crippen molar-refractivity contribution in [3.8, 4) is 0 Å². The van der Waals surface area contributed by atoms with Crippen LogP contribution in [0.15, 0.2) is 24.3 Å². The number of rotatable bonds is 2. The molecular weight excluding hydrogens is 387 g/mol. The Kier molecular flexibility index (Phi) is 7.02. The van der Waals surface area contributed by atoms with Crippen molar-refractivity contribution in [3.63, 3.8) is 0 Å². The second-order valence-corrected chi connectivity index (χ2v) is 8.24. The molecule has 1 aliphatic heterocycles. The molecular formula is C20H28F3N3O3. The molecule has 0 radical (unpaired) electrons. The largest absolute Gasteiger partial charge is 0.444 e. The van der Waals surface area contributed by atoms with Crippen LogP contribution >= 0.6 is 0 Å². The van der Waals surface area contributed by atoms with Crippen LogP contribution in [0.5, 0.6) is 0 Å². The zero-order valence-corrected chi connectivity index (χ0v) is 17.2. The number of nitrogens with one attached hydrogen (secondary N) is 1. The van der Waals surface area contributed by atoms with E-state index in [4.69, 9.17) is 4.74 Å². The molecule has 0 spiro atoms. The van der Waals surface area contributed by atoms with Crippen LogP contribution in [0.1, 0.15) is 39.7 Å². The van der Waals surface area contributed by atoms with Crippen LogP contribution in [-0.2, 0) is 11.2 Å². The Labute approximate surface area is 169 Å². The molecule has 1 fully saturated rings. The van der Waals surface area contributed by atoms with E-state index in [1.807, 2.05) is 6.92 Å². The summed E-state index contributed by atoms with van der Waals surface area (Å²) in [7, 11) is 0. The maximum atomic E-state index is 12.6. The number of carbonyl (C=O) groups is 2. The van der Waals surface area contributed by atoms with E-state index in [0.717, 1.165) is 0 Å². The summed E-state index contributed by atoms with van der Waals surface area (Å²) in [5, 5.41) is 2.71. The highest BCUT2D eigenvalue weighted by atomic mass is 19.4. The maximum absolute atomic E-state index is 12.6. The molecule has 0 bridgehead atoms. The van der Waals surface area contributed by atoms with Crippen molar-refractivity contribution >= 4 is 17.8 Å². The molecule has 9 heteroatoms. The minimum atomic E-state index is -4.27. The van der Waals surface area contributed by atoms with Crippen LogP contribution in [0, 0.1) is 0 Å². The predicted molar refractivity (Wildman–Crippen MR) is 104 cm³/mol. The summed E-state index contributed by atoms with van der Waals surface area (Å²) in [5.41, 5.74) is -0.0462. The van der Waals surface area contributed by atoms with E-state index in [1.54, 1.807) is 30.6 Å². The Morgan fingerprint density at radius 3 is 2.31 bits per heavy atom. The number of alkyl halides is 3. The molecule has 29 heavy (non-hydrogen) atoms. The second kappa shape index (κ2) is 8.92. The number of nitrogens with zero attached hydrogens (tertiary/aromatic N) is 2. The molecule has 0 aromatic heterocycles. The fourth-order valence-electron chi connectivity index (χ4n) is 3.09. The normalized spacial score (nSPS) is 18.2. The summed E-state index contributed by atoms with van der Waals surface area (Å²) < 4.78 is 42.7. The fourth-order valence-corrected chi connectivity index (χ4v) is 3.09. The molecule has 162 valence electrons. The van der Waals surface area contributed by atoms with Gasteiger partial charge in [0, 0.05) is 31.4 Å². The Hall–Kier alpha value is -2.45. The lowest BCUT2D eigenvalue weighted by molar-refractivity contribution is -0.127. The zero-order chi connectivity index (χ0) is 21.8. The first kappa shape index (κ1) is 22.8. The first-order chi connectivity index (χ1) is 13.3. The third kappa shape index (κ3) is 7.47. The van der Waals surface area contributed by atoms with Crippen molar-refractivity contribution in [2.24, 2.45) is 0 Å². The van der Waals surface area contributed by atoms with Crippen LogP contribution in [0.3, 0.4) is 0 Å². The highest BCUT2D eigenvalue weighted by molar-refractivity contribution is 5.89. The highest BCUT2D eigenvalue weighted by Gasteiger charge is 2.30. The predicted octanol–water partition coefficient (Wildman–Crippen LogP) is 4.65. The molecule has 2 rings (SSSR count). The fraction of sp³-hybridized carbons (Fsp3) is 0.600. The average molecular weight is 415 g/mol. The van der Waals surface area contributed by atoms with Crippen molar-refractivity contribution in [3.05, 3.63) is 29.8 Å². The third-order valence-electron chi connectivity index (χ3n) is 4.37. The van der Waals surface area contributed by atoms with Gasteiger partial charge in [0.2, 0.25) is 0 Å². The lowest BCUT2D eigenvalue weighted by Gasteiger charge is -2.30. The molecule has 1 aliphatic rings. The summed E-state index contributed by atoms with van der Waals surface area (Å²) in [5.74, 6) is 0. The van der Waals surface area contributed by atoms with E-state index in [-0.39, 0.29) is 17.6 Å². The van der Waals surface area contributed by atoms with Gasteiger partial charge in [0.25, 0.3) is 0 Å². The first-order valence-corrected chi connectivity index (χ1v) is 9.55. The highest BCUT2D eigenvalue weighted by Crippen LogP contribution is 2.22. The van der Waals surface area contributed by atoms with Gasteiger partial charge < -0.3 is 19.9 Å². The van der Waals surface area contributed by atoms with Gasteiger partial charge in [-0.1, -0.05) is 12.1 Å². The summed E-state index contributed by atoms with van der Waals surface area (Å²) in [6.07, 6.45) is -5.09. The number of ether oxygens (including phenoxy) is 1. The standard InChI is InChI=1S/C20H28F3N3O3/c1-14-13-25(18(28)29-19(2,3)4)10-5-11-26(14)17(27)24-16-8-6-15(7-9-16)12-20(21,22)23/h6-9,14H,5,10-13H2,1-4H3,(H,24,27)/t14-/m1/s1. The molecule has 3 amide bonds. The minimum Gasteiger partial charge on any atom is -0.444 e. The SMILES string of the molecule is C[C@@H]1CN(C(=O)OC(C)(C)C)CCCN1C(=O)Nc1ccc(CC(F)(F)F)cc1. The number of hydrogen-bond acceptors (Lipinski definition) is 3. The Bertz CT molecular complexity index is 714. The average Bonchev–Trinajstić information content (AvgIpc) is 2.75. The quantitative estimate of drug-likeness (QED) is 0.765. The van der Waals surface area contributed by atoms with Gasteiger partial charge in [0.15, 0.2) is 0 Å². The van der Waals surface area contributed by atoms with Gasteiger partial charge in [-0.05, 0) is 51.8 Å². The van der Waals surface area contributed by atoms with E-state index in [9.17, 15) is 22.8 Å². The van der Waals surface area contributed by atoms with Crippen molar-refractivity contribution < 1.29 is 27.5 Å². The number of urea groups is 1. The number of anilines is 1. The van der Waals surface area contributed by atoms with E-state index < -0.39 is 24.3 Å². The van der Waals surface area contributed by atoms with Crippen molar-refractivity contribution in [1.82, 2.24) is 9.80 Å². The van der Waals surface area contributed by atoms with Gasteiger partial charge in [0.1, 0.15) is 5.60 Å². The second-order valence-electron chi connectivity index (χ2n) is 8.24. The van der Waals surface area contributed by atoms with Gasteiger partial charge in [-0.25, -0.2) is 9.59 Å². The molecule has 0 unspecified atom stereocenters. The minimum absolute atomic E-state index is 0.131. The molecule has 1 aromatic carbocycles. The number of halogens is 3. The lowest BCUT2D eigenvalue weighted by Crippen LogP contribution is -2.46. The summed E-state index contributed by atoms with van der Waals surface area (Å²) in [6.45, 7) is 8.51. The van der Waals surface area contributed by atoms with Crippen LogP contribution in [0.2, 0.25) is 0 Å². The molecule has 6 nitrogen and oxygen atoms in total. The van der Waals surface area contributed by atoms with Crippen molar-refractivity contribution in [1.29, 1.82) is 0 Å². The van der Waals surface area contributed by atoms with E-state index in [2.05, 4.69) is 5.32 Å². The third-order valence-corrected chi connectivity index (χ3v) is 4.37. The van der Waals surface area contributed by atoms with Gasteiger partial charge >= 0.3 is 18.3 Å². The van der Waals surface area contributed by atoms with Crippen molar-refractivity contribution in [2.45, 2.75) is 58.4 Å². The molecule has 1 atom stereocenters.